The predicted molar refractivity (Wildman–Crippen MR) is 88.2 cm³/mol. The van der Waals surface area contributed by atoms with E-state index in [0.717, 1.165) is 28.1 Å². The largest absolute Gasteiger partial charge is 0.361 e. The highest BCUT2D eigenvalue weighted by Gasteiger charge is 2.27. The molecule has 1 fully saturated rings. The fourth-order valence-corrected chi connectivity index (χ4v) is 2.92. The zero-order chi connectivity index (χ0) is 15.8. The standard InChI is InChI=1S/C18H19N3O2/c1-21(11-14-9-18(23-20-14)12-6-7-12)10-13-8-17(22)15-4-2-3-5-16(15)19-13/h2-5,8-9,12H,6-7,10-11H2,1H3,(H,19,22). The quantitative estimate of drug-likeness (QED) is 0.787. The van der Waals surface area contributed by atoms with Crippen LogP contribution >= 0.6 is 0 Å². The maximum atomic E-state index is 12.2. The Labute approximate surface area is 133 Å². The van der Waals surface area contributed by atoms with Crippen molar-refractivity contribution < 1.29 is 4.52 Å². The Hall–Kier alpha value is -2.40. The lowest BCUT2D eigenvalue weighted by Gasteiger charge is -2.15. The number of H-pyrrole nitrogens is 1. The van der Waals surface area contributed by atoms with Crippen LogP contribution in [0.1, 0.15) is 35.9 Å². The number of nitrogens with one attached hydrogen (secondary N) is 1. The van der Waals surface area contributed by atoms with E-state index in [1.165, 1.54) is 12.8 Å². The lowest BCUT2D eigenvalue weighted by Crippen LogP contribution is -2.19. The molecule has 5 heteroatoms. The van der Waals surface area contributed by atoms with Crippen molar-refractivity contribution in [2.45, 2.75) is 31.8 Å². The lowest BCUT2D eigenvalue weighted by atomic mass is 10.2. The highest BCUT2D eigenvalue weighted by atomic mass is 16.5. The molecule has 0 unspecified atom stereocenters. The Balaban J connectivity index is 1.49. The molecule has 0 aliphatic heterocycles. The molecule has 2 aromatic heterocycles. The number of aromatic amines is 1. The normalized spacial score (nSPS) is 14.7. The molecule has 1 saturated carbocycles. The Morgan fingerprint density at radius 3 is 2.91 bits per heavy atom. The second-order valence-electron chi connectivity index (χ2n) is 6.37. The number of nitrogens with zero attached hydrogens (tertiary/aromatic N) is 2. The minimum Gasteiger partial charge on any atom is -0.361 e. The monoisotopic (exact) mass is 309 g/mol. The summed E-state index contributed by atoms with van der Waals surface area (Å²) in [7, 11) is 2.01. The van der Waals surface area contributed by atoms with Gasteiger partial charge in [-0.15, -0.1) is 0 Å². The van der Waals surface area contributed by atoms with Crippen molar-refractivity contribution in [3.8, 4) is 0 Å². The van der Waals surface area contributed by atoms with Gasteiger partial charge in [0.2, 0.25) is 0 Å². The molecule has 118 valence electrons. The van der Waals surface area contributed by atoms with Gasteiger partial charge in [0.15, 0.2) is 5.43 Å². The van der Waals surface area contributed by atoms with Crippen LogP contribution in [-0.2, 0) is 13.1 Å². The van der Waals surface area contributed by atoms with Gasteiger partial charge < -0.3 is 9.51 Å². The van der Waals surface area contributed by atoms with E-state index in [-0.39, 0.29) is 5.43 Å². The van der Waals surface area contributed by atoms with Gasteiger partial charge in [-0.3, -0.25) is 9.69 Å². The van der Waals surface area contributed by atoms with Gasteiger partial charge in [0.25, 0.3) is 0 Å². The highest BCUT2D eigenvalue weighted by Crippen LogP contribution is 2.40. The van der Waals surface area contributed by atoms with Crippen LogP contribution in [0, 0.1) is 0 Å². The first-order chi connectivity index (χ1) is 11.2. The van der Waals surface area contributed by atoms with Crippen LogP contribution in [-0.4, -0.2) is 22.1 Å². The van der Waals surface area contributed by atoms with E-state index in [2.05, 4.69) is 21.1 Å². The van der Waals surface area contributed by atoms with Gasteiger partial charge >= 0.3 is 0 Å². The van der Waals surface area contributed by atoms with E-state index >= 15 is 0 Å². The number of benzene rings is 1. The second kappa shape index (κ2) is 5.66. The molecule has 5 nitrogen and oxygen atoms in total. The van der Waals surface area contributed by atoms with Crippen molar-refractivity contribution >= 4 is 10.9 Å². The summed E-state index contributed by atoms with van der Waals surface area (Å²) in [4.78, 5) is 17.6. The molecule has 2 heterocycles. The second-order valence-corrected chi connectivity index (χ2v) is 6.37. The molecule has 1 aliphatic carbocycles. The van der Waals surface area contributed by atoms with Crippen LogP contribution in [0.4, 0.5) is 0 Å². The summed E-state index contributed by atoms with van der Waals surface area (Å²) in [5.41, 5.74) is 2.78. The third kappa shape index (κ3) is 3.05. The molecule has 1 aromatic carbocycles. The molecule has 1 N–H and O–H groups in total. The van der Waals surface area contributed by atoms with Gasteiger partial charge in [0, 0.05) is 47.7 Å². The Bertz CT molecular complexity index is 892. The number of rotatable bonds is 5. The number of fused-ring (bicyclic) bond motifs is 1. The SMILES string of the molecule is CN(Cc1cc(C2CC2)on1)Cc1cc(=O)c2ccccc2[nH]1. The highest BCUT2D eigenvalue weighted by molar-refractivity contribution is 5.78. The summed E-state index contributed by atoms with van der Waals surface area (Å²) in [6, 6.07) is 11.3. The van der Waals surface area contributed by atoms with Crippen molar-refractivity contribution in [3.05, 3.63) is 63.8 Å². The molecule has 0 amide bonds. The van der Waals surface area contributed by atoms with Gasteiger partial charge in [0.05, 0.1) is 5.69 Å². The summed E-state index contributed by atoms with van der Waals surface area (Å²) in [6.07, 6.45) is 2.42. The van der Waals surface area contributed by atoms with E-state index in [4.69, 9.17) is 4.52 Å². The van der Waals surface area contributed by atoms with Crippen LogP contribution in [0.15, 0.2) is 45.7 Å². The Kier molecular flexibility index (Phi) is 3.50. The van der Waals surface area contributed by atoms with Crippen LogP contribution in [0.3, 0.4) is 0 Å². The van der Waals surface area contributed by atoms with Gasteiger partial charge in [-0.05, 0) is 32.0 Å². The molecule has 23 heavy (non-hydrogen) atoms. The average Bonchev–Trinajstić information content (AvgIpc) is 3.28. The van der Waals surface area contributed by atoms with Gasteiger partial charge in [-0.1, -0.05) is 17.3 Å². The number of pyridine rings is 1. The van der Waals surface area contributed by atoms with Crippen molar-refractivity contribution in [1.29, 1.82) is 0 Å². The summed E-state index contributed by atoms with van der Waals surface area (Å²) < 4.78 is 5.38. The van der Waals surface area contributed by atoms with E-state index < -0.39 is 0 Å². The maximum Gasteiger partial charge on any atom is 0.189 e. The Morgan fingerprint density at radius 1 is 1.26 bits per heavy atom. The lowest BCUT2D eigenvalue weighted by molar-refractivity contribution is 0.298. The van der Waals surface area contributed by atoms with Crippen LogP contribution < -0.4 is 5.43 Å². The van der Waals surface area contributed by atoms with Crippen molar-refractivity contribution in [2.75, 3.05) is 7.05 Å². The zero-order valence-corrected chi connectivity index (χ0v) is 13.1. The third-order valence-corrected chi connectivity index (χ3v) is 4.22. The summed E-state index contributed by atoms with van der Waals surface area (Å²) in [5.74, 6) is 1.59. The third-order valence-electron chi connectivity index (χ3n) is 4.22. The molecule has 0 saturated heterocycles. The van der Waals surface area contributed by atoms with E-state index in [1.54, 1.807) is 6.07 Å². The molecule has 4 rings (SSSR count). The topological polar surface area (TPSA) is 62.1 Å². The number of para-hydroxylation sites is 1. The van der Waals surface area contributed by atoms with Crippen LogP contribution in [0.2, 0.25) is 0 Å². The Morgan fingerprint density at radius 2 is 2.09 bits per heavy atom. The molecule has 0 spiro atoms. The smallest absolute Gasteiger partial charge is 0.189 e. The first-order valence-electron chi connectivity index (χ1n) is 7.94. The van der Waals surface area contributed by atoms with Crippen molar-refractivity contribution in [2.24, 2.45) is 0 Å². The van der Waals surface area contributed by atoms with Crippen molar-refractivity contribution in [1.82, 2.24) is 15.0 Å². The van der Waals surface area contributed by atoms with Gasteiger partial charge in [-0.2, -0.15) is 0 Å². The average molecular weight is 309 g/mol. The fraction of sp³-hybridized carbons (Fsp3) is 0.333. The number of aromatic nitrogens is 2. The van der Waals surface area contributed by atoms with Crippen LogP contribution in [0.25, 0.3) is 10.9 Å². The minimum atomic E-state index is 0.0557. The molecule has 0 atom stereocenters. The molecule has 3 aromatic rings. The van der Waals surface area contributed by atoms with E-state index in [9.17, 15) is 4.79 Å². The van der Waals surface area contributed by atoms with Gasteiger partial charge in [0.1, 0.15) is 5.76 Å². The van der Waals surface area contributed by atoms with Crippen LogP contribution in [0.5, 0.6) is 0 Å². The molecular weight excluding hydrogens is 290 g/mol. The summed E-state index contributed by atoms with van der Waals surface area (Å²) in [6.45, 7) is 1.36. The van der Waals surface area contributed by atoms with Gasteiger partial charge in [-0.25, -0.2) is 0 Å². The molecule has 0 bridgehead atoms. The predicted octanol–water partition coefficient (Wildman–Crippen LogP) is 3.03. The first kappa shape index (κ1) is 14.2. The van der Waals surface area contributed by atoms with E-state index in [1.807, 2.05) is 31.3 Å². The number of hydrogen-bond acceptors (Lipinski definition) is 4. The molecule has 0 radical (unpaired) electrons. The fourth-order valence-electron chi connectivity index (χ4n) is 2.92. The van der Waals surface area contributed by atoms with Crippen molar-refractivity contribution in [3.63, 3.8) is 0 Å². The summed E-state index contributed by atoms with van der Waals surface area (Å²) >= 11 is 0. The molecule has 1 aliphatic rings. The minimum absolute atomic E-state index is 0.0557. The molecular formula is C18H19N3O2. The summed E-state index contributed by atoms with van der Waals surface area (Å²) in [5, 5.41) is 4.86. The zero-order valence-electron chi connectivity index (χ0n) is 13.1. The van der Waals surface area contributed by atoms with E-state index in [0.29, 0.717) is 19.0 Å². The first-order valence-corrected chi connectivity index (χ1v) is 7.94. The maximum absolute atomic E-state index is 12.2. The number of hydrogen-bond donors (Lipinski definition) is 1.